The van der Waals surface area contributed by atoms with Gasteiger partial charge in [-0.05, 0) is 82.9 Å². The van der Waals surface area contributed by atoms with Crippen LogP contribution in [-0.4, -0.2) is 132 Å². The quantitative estimate of drug-likeness (QED) is 0.180. The third kappa shape index (κ3) is 7.28. The number of carbonyl (C=O) groups is 4. The largest absolute Gasteiger partial charge is 0.363 e. The van der Waals surface area contributed by atoms with Gasteiger partial charge in [0.25, 0.3) is 21.8 Å². The third-order valence-corrected chi connectivity index (χ3v) is 15.9. The normalized spacial score (nSPS) is 23.0. The van der Waals surface area contributed by atoms with Crippen LogP contribution in [0.4, 0.5) is 27.5 Å². The molecule has 4 aromatic heterocycles. The molecule has 2 bridgehead atoms. The molecule has 6 fully saturated rings. The van der Waals surface area contributed by atoms with Crippen LogP contribution in [0.3, 0.4) is 0 Å². The number of fused-ring (bicyclic) bond motifs is 5. The first-order valence-electron chi connectivity index (χ1n) is 22.4. The van der Waals surface area contributed by atoms with E-state index in [4.69, 9.17) is 10.1 Å². The van der Waals surface area contributed by atoms with Gasteiger partial charge < -0.3 is 15.1 Å². The fraction of sp³-hybridized carbons (Fsp3) is 0.477. The Labute approximate surface area is 373 Å². The van der Waals surface area contributed by atoms with Gasteiger partial charge in [-0.1, -0.05) is 0 Å². The number of imide groups is 2. The molecule has 1 aliphatic carbocycles. The lowest BCUT2D eigenvalue weighted by molar-refractivity contribution is -0.136. The molecular formula is C44H48FN13O6S. The van der Waals surface area contributed by atoms with Crippen molar-refractivity contribution in [1.29, 1.82) is 0 Å². The number of hydrogen-bond donors (Lipinski definition) is 2. The standard InChI is InChI=1S/C44H48FN13O6S/c1-24(2)58-35-17-38(49-37-9-12-46-40(50-37)26-18-48-56(21-26)65(63,64)29-5-6-29)47-19-32(35)41(52-58)53-13-10-25(11-14-53)20-54-22-28-4-3-27(54)23-55(28)36-16-31-30(15-33(36)45)43(61)57(44(31)62)34-7-8-39(59)51-42(34)60/h9,12,15-19,21,24-25,27-29,34H,3-8,10-11,13-14,20,22-23H2,1-2H3,(H,51,59,60)(H,46,47,49,50). The highest BCUT2D eigenvalue weighted by molar-refractivity contribution is 7.90. The van der Waals surface area contributed by atoms with Gasteiger partial charge in [0.1, 0.15) is 23.5 Å². The van der Waals surface area contributed by atoms with Crippen LogP contribution in [0.1, 0.15) is 92.0 Å². The number of nitrogens with one attached hydrogen (secondary N) is 2. The van der Waals surface area contributed by atoms with E-state index in [1.165, 1.54) is 18.5 Å². The predicted octanol–water partition coefficient (Wildman–Crippen LogP) is 3.86. The highest BCUT2D eigenvalue weighted by Gasteiger charge is 2.47. The summed E-state index contributed by atoms with van der Waals surface area (Å²) in [6.07, 6.45) is 11.6. The second-order valence-corrected chi connectivity index (χ2v) is 20.5. The lowest BCUT2D eigenvalue weighted by atomic mass is 9.87. The Hall–Kier alpha value is -6.35. The van der Waals surface area contributed by atoms with E-state index in [1.807, 2.05) is 21.8 Å². The first kappa shape index (κ1) is 41.4. The fourth-order valence-corrected chi connectivity index (χ4v) is 11.8. The maximum absolute atomic E-state index is 15.9. The van der Waals surface area contributed by atoms with Crippen LogP contribution in [-0.2, 0) is 19.6 Å². The second-order valence-electron chi connectivity index (χ2n) is 18.4. The summed E-state index contributed by atoms with van der Waals surface area (Å²) in [6, 6.07) is 5.55. The Morgan fingerprint density at radius 1 is 0.892 bits per heavy atom. The summed E-state index contributed by atoms with van der Waals surface area (Å²) in [5.74, 6) is -0.282. The molecule has 338 valence electrons. The minimum absolute atomic E-state index is 0.0139. The lowest BCUT2D eigenvalue weighted by Gasteiger charge is -2.53. The first-order chi connectivity index (χ1) is 31.3. The Kier molecular flexibility index (Phi) is 9.97. The van der Waals surface area contributed by atoms with Crippen molar-refractivity contribution in [3.63, 3.8) is 0 Å². The minimum Gasteiger partial charge on any atom is -0.363 e. The van der Waals surface area contributed by atoms with Gasteiger partial charge in [0, 0.05) is 75.7 Å². The van der Waals surface area contributed by atoms with Crippen LogP contribution in [0.15, 0.2) is 49.1 Å². The van der Waals surface area contributed by atoms with Crippen LogP contribution >= 0.6 is 0 Å². The lowest BCUT2D eigenvalue weighted by Crippen LogP contribution is -2.63. The molecule has 12 rings (SSSR count). The van der Waals surface area contributed by atoms with Crippen molar-refractivity contribution in [2.45, 2.75) is 94.6 Å². The van der Waals surface area contributed by atoms with Crippen molar-refractivity contribution in [1.82, 2.24) is 49.0 Å². The van der Waals surface area contributed by atoms with Gasteiger partial charge in [0.15, 0.2) is 11.6 Å². The van der Waals surface area contributed by atoms with Gasteiger partial charge in [-0.25, -0.2) is 27.8 Å². The molecule has 1 saturated carbocycles. The summed E-state index contributed by atoms with van der Waals surface area (Å²) in [6.45, 7) is 8.20. The SMILES string of the molecule is CC(C)n1nc(N2CCC(CN3CC4CCC3CN4c3cc4c(cc3F)C(=O)N(C3CCC(=O)NC3=O)C4=O)CC2)c2cnc(Nc3ccnc(-c4cnn(S(=O)(=O)C5CC5)c4)n3)cc21. The summed E-state index contributed by atoms with van der Waals surface area (Å²) in [4.78, 5) is 72.7. The molecule has 3 atom stereocenters. The smallest absolute Gasteiger partial charge is 0.262 e. The summed E-state index contributed by atoms with van der Waals surface area (Å²) < 4.78 is 44.2. The van der Waals surface area contributed by atoms with Crippen molar-refractivity contribution < 1.29 is 32.0 Å². The van der Waals surface area contributed by atoms with Gasteiger partial charge in [-0.15, -0.1) is 0 Å². The molecule has 4 amide bonds. The zero-order chi connectivity index (χ0) is 44.9. The van der Waals surface area contributed by atoms with Gasteiger partial charge in [0.2, 0.25) is 11.8 Å². The van der Waals surface area contributed by atoms with Gasteiger partial charge in [-0.2, -0.15) is 14.3 Å². The molecule has 21 heteroatoms. The Morgan fingerprint density at radius 2 is 1.66 bits per heavy atom. The Morgan fingerprint density at radius 3 is 2.38 bits per heavy atom. The molecule has 1 aromatic carbocycles. The number of aromatic nitrogens is 7. The molecule has 6 aliphatic heterocycles. The molecule has 5 aromatic rings. The summed E-state index contributed by atoms with van der Waals surface area (Å²) in [5.41, 5.74) is 1.76. The molecule has 10 heterocycles. The van der Waals surface area contributed by atoms with E-state index in [-0.39, 0.29) is 47.3 Å². The molecule has 0 radical (unpaired) electrons. The van der Waals surface area contributed by atoms with Gasteiger partial charge >= 0.3 is 0 Å². The number of pyridine rings is 1. The molecule has 19 nitrogen and oxygen atoms in total. The maximum atomic E-state index is 15.9. The van der Waals surface area contributed by atoms with Crippen LogP contribution in [0.25, 0.3) is 22.3 Å². The summed E-state index contributed by atoms with van der Waals surface area (Å²) in [7, 11) is -3.51. The van der Waals surface area contributed by atoms with E-state index >= 15 is 4.39 Å². The molecule has 7 aliphatic rings. The van der Waals surface area contributed by atoms with Crippen molar-refractivity contribution >= 4 is 67.7 Å². The van der Waals surface area contributed by atoms with Crippen LogP contribution < -0.4 is 20.4 Å². The molecule has 0 spiro atoms. The number of hydrogen-bond acceptors (Lipinski definition) is 15. The number of piperazine rings is 1. The summed E-state index contributed by atoms with van der Waals surface area (Å²) >= 11 is 0. The third-order valence-electron chi connectivity index (χ3n) is 13.9. The number of halogens is 1. The highest BCUT2D eigenvalue weighted by Crippen LogP contribution is 2.40. The minimum atomic E-state index is -3.51. The topological polar surface area (TPSA) is 214 Å². The van der Waals surface area contributed by atoms with Gasteiger partial charge in [-0.3, -0.25) is 39.0 Å². The molecular weight excluding hydrogens is 858 g/mol. The molecule has 3 unspecified atom stereocenters. The van der Waals surface area contributed by atoms with Crippen LogP contribution in [0, 0.1) is 11.7 Å². The average molecular weight is 906 g/mol. The second kappa shape index (κ2) is 15.7. The zero-order valence-corrected chi connectivity index (χ0v) is 36.7. The van der Waals surface area contributed by atoms with Crippen molar-refractivity contribution in [3.05, 3.63) is 66.0 Å². The monoisotopic (exact) mass is 905 g/mol. The molecule has 65 heavy (non-hydrogen) atoms. The van der Waals surface area contributed by atoms with E-state index in [2.05, 4.69) is 49.3 Å². The van der Waals surface area contributed by atoms with Crippen molar-refractivity contribution in [3.8, 4) is 11.4 Å². The van der Waals surface area contributed by atoms with Crippen molar-refractivity contribution in [2.75, 3.05) is 47.8 Å². The number of rotatable bonds is 11. The number of anilines is 4. The van der Waals surface area contributed by atoms with E-state index in [0.717, 1.165) is 83.6 Å². The fourth-order valence-electron chi connectivity index (χ4n) is 10.3. The number of amides is 4. The first-order valence-corrected chi connectivity index (χ1v) is 23.9. The van der Waals surface area contributed by atoms with Crippen molar-refractivity contribution in [2.24, 2.45) is 5.92 Å². The summed E-state index contributed by atoms with van der Waals surface area (Å²) in [5, 5.41) is 15.2. The number of nitrogens with zero attached hydrogens (tertiary/aromatic N) is 11. The number of piperidine rings is 4. The van der Waals surface area contributed by atoms with E-state index in [9.17, 15) is 27.6 Å². The Balaban J connectivity index is 0.733. The zero-order valence-electron chi connectivity index (χ0n) is 35.9. The van der Waals surface area contributed by atoms with E-state index in [0.29, 0.717) is 54.0 Å². The Bertz CT molecular complexity index is 2910. The average Bonchev–Trinajstić information content (AvgIpc) is 3.85. The predicted molar refractivity (Wildman–Crippen MR) is 236 cm³/mol. The van der Waals surface area contributed by atoms with Crippen LogP contribution in [0.2, 0.25) is 0 Å². The van der Waals surface area contributed by atoms with E-state index in [1.54, 1.807) is 12.3 Å². The van der Waals surface area contributed by atoms with Gasteiger partial charge in [0.05, 0.1) is 50.9 Å². The molecule has 5 saturated heterocycles. The highest BCUT2D eigenvalue weighted by atomic mass is 32.2. The number of benzene rings is 1. The van der Waals surface area contributed by atoms with Crippen LogP contribution in [0.5, 0.6) is 0 Å². The molecule has 2 N–H and O–H groups in total. The maximum Gasteiger partial charge on any atom is 0.262 e. The van der Waals surface area contributed by atoms with E-state index < -0.39 is 45.5 Å². The number of carbonyl (C=O) groups excluding carboxylic acids is 4.